The fraction of sp³-hybridized carbons (Fsp3) is 0.435. The quantitative estimate of drug-likeness (QED) is 0.301. The Morgan fingerprint density at radius 2 is 1.68 bits per heavy atom. The van der Waals surface area contributed by atoms with Gasteiger partial charge >= 0.3 is 0 Å². The van der Waals surface area contributed by atoms with Crippen molar-refractivity contribution >= 4 is 29.9 Å². The molecule has 0 amide bonds. The van der Waals surface area contributed by atoms with Crippen LogP contribution in [0.5, 0.6) is 23.0 Å². The first-order chi connectivity index (χ1) is 14.7. The van der Waals surface area contributed by atoms with E-state index >= 15 is 0 Å². The standard InChI is InChI=1S/C23H31N3O4.HI/c1-4-24-23(25-11-10-17-6-8-19(27-2)21(14-17)28-3)26-16-18-7-9-20-22(15-18)30-13-5-12-29-20;/h6-9,14-15H,4-5,10-13,16H2,1-3H3,(H2,24,25,26);1H. The molecule has 3 rings (SSSR count). The average Bonchev–Trinajstić information content (AvgIpc) is 3.02. The Bertz CT molecular complexity index is 861. The number of rotatable bonds is 8. The van der Waals surface area contributed by atoms with Gasteiger partial charge in [-0.15, -0.1) is 24.0 Å². The third kappa shape index (κ3) is 7.37. The van der Waals surface area contributed by atoms with Gasteiger partial charge in [0.1, 0.15) is 0 Å². The SMILES string of the molecule is CCNC(=NCc1ccc2c(c1)OCCCO2)NCCc1ccc(OC)c(OC)c1.I. The van der Waals surface area contributed by atoms with Gasteiger partial charge in [0.25, 0.3) is 0 Å². The highest BCUT2D eigenvalue weighted by Crippen LogP contribution is 2.30. The van der Waals surface area contributed by atoms with Gasteiger partial charge in [0.2, 0.25) is 0 Å². The zero-order chi connectivity index (χ0) is 21.2. The van der Waals surface area contributed by atoms with Gasteiger partial charge in [0.05, 0.1) is 34.0 Å². The molecule has 0 spiro atoms. The van der Waals surface area contributed by atoms with E-state index in [0.717, 1.165) is 60.5 Å². The summed E-state index contributed by atoms with van der Waals surface area (Å²) in [5.41, 5.74) is 2.25. The molecule has 2 N–H and O–H groups in total. The lowest BCUT2D eigenvalue weighted by atomic mass is 10.1. The molecule has 31 heavy (non-hydrogen) atoms. The number of guanidine groups is 1. The zero-order valence-electron chi connectivity index (χ0n) is 18.4. The van der Waals surface area contributed by atoms with E-state index in [9.17, 15) is 0 Å². The fourth-order valence-electron chi connectivity index (χ4n) is 3.18. The summed E-state index contributed by atoms with van der Waals surface area (Å²) in [6.45, 7) is 5.53. The van der Waals surface area contributed by atoms with Crippen molar-refractivity contribution in [1.29, 1.82) is 0 Å². The Morgan fingerprint density at radius 3 is 2.42 bits per heavy atom. The molecule has 0 unspecified atom stereocenters. The third-order valence-electron chi connectivity index (χ3n) is 4.73. The van der Waals surface area contributed by atoms with Crippen molar-refractivity contribution in [3.63, 3.8) is 0 Å². The molecule has 0 aromatic heterocycles. The second kappa shape index (κ2) is 13.1. The van der Waals surface area contributed by atoms with Crippen LogP contribution in [0.4, 0.5) is 0 Å². The number of ether oxygens (including phenoxy) is 4. The fourth-order valence-corrected chi connectivity index (χ4v) is 3.18. The number of nitrogens with zero attached hydrogens (tertiary/aromatic N) is 1. The minimum absolute atomic E-state index is 0. The van der Waals surface area contributed by atoms with Crippen LogP contribution in [-0.2, 0) is 13.0 Å². The van der Waals surface area contributed by atoms with E-state index in [1.165, 1.54) is 5.56 Å². The summed E-state index contributed by atoms with van der Waals surface area (Å²) in [6.07, 6.45) is 1.74. The van der Waals surface area contributed by atoms with E-state index < -0.39 is 0 Å². The second-order valence-corrected chi connectivity index (χ2v) is 6.89. The molecule has 0 saturated carbocycles. The maximum absolute atomic E-state index is 5.77. The maximum atomic E-state index is 5.77. The van der Waals surface area contributed by atoms with Crippen LogP contribution in [-0.4, -0.2) is 46.5 Å². The normalized spacial score (nSPS) is 12.9. The molecule has 1 aliphatic rings. The van der Waals surface area contributed by atoms with E-state index in [4.69, 9.17) is 23.9 Å². The number of hydrogen-bond acceptors (Lipinski definition) is 5. The summed E-state index contributed by atoms with van der Waals surface area (Å²) in [6, 6.07) is 12.0. The number of aliphatic imine (C=N–C) groups is 1. The van der Waals surface area contributed by atoms with E-state index in [1.807, 2.05) is 36.4 Å². The minimum atomic E-state index is 0. The molecule has 8 heteroatoms. The van der Waals surface area contributed by atoms with Crippen LogP contribution in [0, 0.1) is 0 Å². The number of nitrogens with one attached hydrogen (secondary N) is 2. The van der Waals surface area contributed by atoms with Gasteiger partial charge in [-0.3, -0.25) is 0 Å². The van der Waals surface area contributed by atoms with Gasteiger partial charge < -0.3 is 29.6 Å². The summed E-state index contributed by atoms with van der Waals surface area (Å²) in [5.74, 6) is 3.86. The first-order valence-corrected chi connectivity index (χ1v) is 10.3. The Labute approximate surface area is 201 Å². The van der Waals surface area contributed by atoms with E-state index in [-0.39, 0.29) is 24.0 Å². The van der Waals surface area contributed by atoms with E-state index in [2.05, 4.69) is 17.6 Å². The largest absolute Gasteiger partial charge is 0.493 e. The molecular weight excluding hydrogens is 509 g/mol. The van der Waals surface area contributed by atoms with Gasteiger partial charge in [-0.05, 0) is 48.7 Å². The Kier molecular flexibility index (Phi) is 10.6. The van der Waals surface area contributed by atoms with Crippen LogP contribution >= 0.6 is 24.0 Å². The van der Waals surface area contributed by atoms with Crippen LogP contribution < -0.4 is 29.6 Å². The van der Waals surface area contributed by atoms with Crippen molar-refractivity contribution in [2.45, 2.75) is 26.3 Å². The van der Waals surface area contributed by atoms with Crippen LogP contribution in [0.3, 0.4) is 0 Å². The lowest BCUT2D eigenvalue weighted by Gasteiger charge is -2.13. The Morgan fingerprint density at radius 1 is 0.935 bits per heavy atom. The highest BCUT2D eigenvalue weighted by atomic mass is 127. The Balaban J connectivity index is 0.00000341. The van der Waals surface area contributed by atoms with E-state index in [1.54, 1.807) is 14.2 Å². The predicted molar refractivity (Wildman–Crippen MR) is 134 cm³/mol. The van der Waals surface area contributed by atoms with Crippen LogP contribution in [0.15, 0.2) is 41.4 Å². The lowest BCUT2D eigenvalue weighted by Crippen LogP contribution is -2.38. The van der Waals surface area contributed by atoms with Gasteiger partial charge in [-0.25, -0.2) is 4.99 Å². The molecule has 2 aromatic rings. The van der Waals surface area contributed by atoms with Crippen molar-refractivity contribution in [3.05, 3.63) is 47.5 Å². The number of fused-ring (bicyclic) bond motifs is 1. The van der Waals surface area contributed by atoms with Crippen molar-refractivity contribution < 1.29 is 18.9 Å². The number of halogens is 1. The number of methoxy groups -OCH3 is 2. The van der Waals surface area contributed by atoms with Crippen LogP contribution in [0.25, 0.3) is 0 Å². The second-order valence-electron chi connectivity index (χ2n) is 6.89. The molecule has 1 heterocycles. The summed E-state index contributed by atoms with van der Waals surface area (Å²) >= 11 is 0. The van der Waals surface area contributed by atoms with Gasteiger partial charge in [0.15, 0.2) is 29.0 Å². The Hall–Kier alpha value is -2.36. The van der Waals surface area contributed by atoms with Crippen molar-refractivity contribution in [1.82, 2.24) is 10.6 Å². The number of hydrogen-bond donors (Lipinski definition) is 2. The molecule has 0 fully saturated rings. The van der Waals surface area contributed by atoms with Gasteiger partial charge in [-0.1, -0.05) is 12.1 Å². The summed E-state index contributed by atoms with van der Waals surface area (Å²) < 4.78 is 22.1. The highest BCUT2D eigenvalue weighted by Gasteiger charge is 2.10. The minimum Gasteiger partial charge on any atom is -0.493 e. The monoisotopic (exact) mass is 541 g/mol. The smallest absolute Gasteiger partial charge is 0.191 e. The van der Waals surface area contributed by atoms with Crippen LogP contribution in [0.2, 0.25) is 0 Å². The molecule has 2 aromatic carbocycles. The van der Waals surface area contributed by atoms with Crippen molar-refractivity contribution in [2.75, 3.05) is 40.5 Å². The van der Waals surface area contributed by atoms with Crippen LogP contribution in [0.1, 0.15) is 24.5 Å². The predicted octanol–water partition coefficient (Wildman–Crippen LogP) is 3.78. The van der Waals surface area contributed by atoms with Gasteiger partial charge in [-0.2, -0.15) is 0 Å². The summed E-state index contributed by atoms with van der Waals surface area (Å²) in [7, 11) is 3.29. The molecule has 1 aliphatic heterocycles. The molecule has 0 saturated heterocycles. The first-order valence-electron chi connectivity index (χ1n) is 10.3. The summed E-state index contributed by atoms with van der Waals surface area (Å²) in [4.78, 5) is 4.70. The molecular formula is C23H32IN3O4. The third-order valence-corrected chi connectivity index (χ3v) is 4.73. The lowest BCUT2D eigenvalue weighted by molar-refractivity contribution is 0.297. The van der Waals surface area contributed by atoms with Crippen molar-refractivity contribution in [2.24, 2.45) is 4.99 Å². The molecule has 170 valence electrons. The van der Waals surface area contributed by atoms with Gasteiger partial charge in [0, 0.05) is 19.5 Å². The highest BCUT2D eigenvalue weighted by molar-refractivity contribution is 14.0. The molecule has 0 atom stereocenters. The molecule has 7 nitrogen and oxygen atoms in total. The topological polar surface area (TPSA) is 73.3 Å². The zero-order valence-corrected chi connectivity index (χ0v) is 20.7. The van der Waals surface area contributed by atoms with E-state index in [0.29, 0.717) is 19.8 Å². The molecule has 0 aliphatic carbocycles. The first kappa shape index (κ1) is 24.9. The maximum Gasteiger partial charge on any atom is 0.191 e. The molecule has 0 radical (unpaired) electrons. The summed E-state index contributed by atoms with van der Waals surface area (Å²) in [5, 5.41) is 6.68. The number of benzene rings is 2. The molecule has 0 bridgehead atoms. The average molecular weight is 541 g/mol. The van der Waals surface area contributed by atoms with Crippen molar-refractivity contribution in [3.8, 4) is 23.0 Å².